The smallest absolute Gasteiger partial charge is 0.298 e. The van der Waals surface area contributed by atoms with E-state index in [1.54, 1.807) is 22.9 Å². The van der Waals surface area contributed by atoms with E-state index in [0.717, 1.165) is 5.52 Å². The zero-order valence-electron chi connectivity index (χ0n) is 15.2. The van der Waals surface area contributed by atoms with Crippen molar-refractivity contribution in [2.45, 2.75) is 19.4 Å². The lowest BCUT2D eigenvalue weighted by Gasteiger charge is -2.29. The second-order valence-electron chi connectivity index (χ2n) is 6.70. The van der Waals surface area contributed by atoms with Crippen molar-refractivity contribution < 1.29 is 14.0 Å². The van der Waals surface area contributed by atoms with Gasteiger partial charge in [-0.3, -0.25) is 9.59 Å². The Hall–Kier alpha value is -3.35. The number of aromatic nitrogens is 1. The summed E-state index contributed by atoms with van der Waals surface area (Å²) in [4.78, 5) is 33.0. The lowest BCUT2D eigenvalue weighted by atomic mass is 10.1. The van der Waals surface area contributed by atoms with Crippen molar-refractivity contribution in [2.75, 3.05) is 28.7 Å². The van der Waals surface area contributed by atoms with Crippen LogP contribution < -0.4 is 15.1 Å². The Bertz CT molecular complexity index is 980. The highest BCUT2D eigenvalue weighted by atomic mass is 16.4. The lowest BCUT2D eigenvalue weighted by molar-refractivity contribution is -0.118. The number of carbonyl (C=O) groups is 2. The Morgan fingerprint density at radius 3 is 2.81 bits per heavy atom. The van der Waals surface area contributed by atoms with Gasteiger partial charge in [0.25, 0.3) is 6.01 Å². The van der Waals surface area contributed by atoms with Gasteiger partial charge in [-0.1, -0.05) is 24.3 Å². The Labute approximate surface area is 156 Å². The fourth-order valence-corrected chi connectivity index (χ4v) is 3.34. The molecule has 0 spiro atoms. The zero-order valence-corrected chi connectivity index (χ0v) is 15.2. The predicted octanol–water partition coefficient (Wildman–Crippen LogP) is 3.03. The molecule has 1 atom stereocenters. The molecule has 1 N–H and O–H groups in total. The summed E-state index contributed by atoms with van der Waals surface area (Å²) in [5.74, 6) is -0.228. The first-order chi connectivity index (χ1) is 13.0. The molecule has 0 fully saturated rings. The van der Waals surface area contributed by atoms with E-state index in [0.29, 0.717) is 23.0 Å². The third kappa shape index (κ3) is 3.23. The standard InChI is InChI=1S/C20H20N4O3/c1-13-11-18(25)21-14-7-3-5-9-16(14)24(13)19(26)12-23(2)20-22-15-8-4-6-10-17(15)27-20/h3-10,13H,11-12H2,1-2H3,(H,21,25)/t13-/m1/s1. The van der Waals surface area contributed by atoms with Gasteiger partial charge in [0, 0.05) is 19.5 Å². The molecule has 0 saturated carbocycles. The van der Waals surface area contributed by atoms with Gasteiger partial charge in [-0.25, -0.2) is 0 Å². The summed E-state index contributed by atoms with van der Waals surface area (Å²) < 4.78 is 5.73. The van der Waals surface area contributed by atoms with Gasteiger partial charge < -0.3 is 19.5 Å². The predicted molar refractivity (Wildman–Crippen MR) is 104 cm³/mol. The van der Waals surface area contributed by atoms with Crippen LogP contribution in [0.4, 0.5) is 17.4 Å². The Morgan fingerprint density at radius 1 is 1.26 bits per heavy atom. The minimum absolute atomic E-state index is 0.0830. The Kier molecular flexibility index (Phi) is 4.27. The summed E-state index contributed by atoms with van der Waals surface area (Å²) in [7, 11) is 1.76. The molecule has 1 aliphatic heterocycles. The number of benzene rings is 2. The van der Waals surface area contributed by atoms with Crippen molar-refractivity contribution in [3.63, 3.8) is 0 Å². The van der Waals surface area contributed by atoms with Crippen molar-refractivity contribution in [2.24, 2.45) is 0 Å². The van der Waals surface area contributed by atoms with Crippen LogP contribution in [0, 0.1) is 0 Å². The van der Waals surface area contributed by atoms with Gasteiger partial charge in [0.1, 0.15) is 12.1 Å². The molecule has 4 rings (SSSR count). The fourth-order valence-electron chi connectivity index (χ4n) is 3.34. The Morgan fingerprint density at radius 2 is 2.00 bits per heavy atom. The third-order valence-corrected chi connectivity index (χ3v) is 4.61. The van der Waals surface area contributed by atoms with Gasteiger partial charge in [0.15, 0.2) is 5.58 Å². The first-order valence-corrected chi connectivity index (χ1v) is 8.80. The molecular formula is C20H20N4O3. The third-order valence-electron chi connectivity index (χ3n) is 4.61. The largest absolute Gasteiger partial charge is 0.423 e. The molecule has 7 heteroatoms. The summed E-state index contributed by atoms with van der Waals surface area (Å²) in [5.41, 5.74) is 2.77. The highest BCUT2D eigenvalue weighted by Crippen LogP contribution is 2.31. The molecule has 3 aromatic rings. The van der Waals surface area contributed by atoms with E-state index in [-0.39, 0.29) is 30.8 Å². The second kappa shape index (κ2) is 6.75. The molecule has 0 saturated heterocycles. The first kappa shape index (κ1) is 17.1. The lowest BCUT2D eigenvalue weighted by Crippen LogP contribution is -2.44. The number of likely N-dealkylation sites (N-methyl/N-ethyl adjacent to an activating group) is 1. The molecule has 0 radical (unpaired) electrons. The van der Waals surface area contributed by atoms with Crippen LogP contribution >= 0.6 is 0 Å². The molecule has 0 unspecified atom stereocenters. The van der Waals surface area contributed by atoms with E-state index < -0.39 is 0 Å². The number of para-hydroxylation sites is 4. The number of nitrogens with zero attached hydrogens (tertiary/aromatic N) is 3. The van der Waals surface area contributed by atoms with E-state index in [9.17, 15) is 9.59 Å². The van der Waals surface area contributed by atoms with Crippen LogP contribution in [0.25, 0.3) is 11.1 Å². The molecule has 2 amide bonds. The topological polar surface area (TPSA) is 78.7 Å². The van der Waals surface area contributed by atoms with Crippen molar-refractivity contribution >= 4 is 40.3 Å². The molecule has 138 valence electrons. The zero-order chi connectivity index (χ0) is 19.0. The van der Waals surface area contributed by atoms with Crippen molar-refractivity contribution in [3.8, 4) is 0 Å². The summed E-state index contributed by atoms with van der Waals surface area (Å²) in [5, 5.41) is 2.86. The summed E-state index contributed by atoms with van der Waals surface area (Å²) in [6.45, 7) is 1.96. The number of carbonyl (C=O) groups excluding carboxylic acids is 2. The maximum absolute atomic E-state index is 13.1. The van der Waals surface area contributed by atoms with E-state index >= 15 is 0 Å². The van der Waals surface area contributed by atoms with Crippen LogP contribution in [0.5, 0.6) is 0 Å². The van der Waals surface area contributed by atoms with Crippen LogP contribution in [-0.4, -0.2) is 36.4 Å². The molecule has 1 aromatic heterocycles. The van der Waals surface area contributed by atoms with Crippen molar-refractivity contribution in [1.29, 1.82) is 0 Å². The van der Waals surface area contributed by atoms with Gasteiger partial charge in [-0.05, 0) is 31.2 Å². The number of hydrogen-bond acceptors (Lipinski definition) is 5. The van der Waals surface area contributed by atoms with E-state index in [4.69, 9.17) is 4.42 Å². The number of rotatable bonds is 3. The number of anilines is 3. The number of amides is 2. The van der Waals surface area contributed by atoms with Crippen LogP contribution in [0.15, 0.2) is 52.9 Å². The average molecular weight is 364 g/mol. The van der Waals surface area contributed by atoms with Crippen LogP contribution in [0.2, 0.25) is 0 Å². The quantitative estimate of drug-likeness (QED) is 0.773. The summed E-state index contributed by atoms with van der Waals surface area (Å²) >= 11 is 0. The van der Waals surface area contributed by atoms with E-state index in [1.165, 1.54) is 0 Å². The van der Waals surface area contributed by atoms with Gasteiger partial charge >= 0.3 is 0 Å². The first-order valence-electron chi connectivity index (χ1n) is 8.80. The normalized spacial score (nSPS) is 16.6. The molecular weight excluding hydrogens is 344 g/mol. The molecule has 2 aromatic carbocycles. The fraction of sp³-hybridized carbons (Fsp3) is 0.250. The number of oxazole rings is 1. The Balaban J connectivity index is 1.60. The maximum Gasteiger partial charge on any atom is 0.298 e. The summed E-state index contributed by atoms with van der Waals surface area (Å²) in [6, 6.07) is 14.9. The van der Waals surface area contributed by atoms with Gasteiger partial charge in [-0.15, -0.1) is 0 Å². The SMILES string of the molecule is C[C@@H]1CC(=O)Nc2ccccc2N1C(=O)CN(C)c1nc2ccccc2o1. The molecule has 1 aliphatic rings. The van der Waals surface area contributed by atoms with Crippen molar-refractivity contribution in [3.05, 3.63) is 48.5 Å². The van der Waals surface area contributed by atoms with Gasteiger partial charge in [0.2, 0.25) is 11.8 Å². The van der Waals surface area contributed by atoms with Crippen LogP contribution in [-0.2, 0) is 9.59 Å². The molecule has 2 heterocycles. The molecule has 0 aliphatic carbocycles. The number of nitrogens with one attached hydrogen (secondary N) is 1. The van der Waals surface area contributed by atoms with Gasteiger partial charge in [-0.2, -0.15) is 4.98 Å². The number of hydrogen-bond donors (Lipinski definition) is 1. The van der Waals surface area contributed by atoms with Gasteiger partial charge in [0.05, 0.1) is 11.4 Å². The number of fused-ring (bicyclic) bond motifs is 2. The molecule has 0 bridgehead atoms. The van der Waals surface area contributed by atoms with Crippen LogP contribution in [0.3, 0.4) is 0 Å². The highest BCUT2D eigenvalue weighted by Gasteiger charge is 2.30. The van der Waals surface area contributed by atoms with E-state index in [1.807, 2.05) is 49.4 Å². The van der Waals surface area contributed by atoms with E-state index in [2.05, 4.69) is 10.3 Å². The second-order valence-corrected chi connectivity index (χ2v) is 6.70. The maximum atomic E-state index is 13.1. The minimum Gasteiger partial charge on any atom is -0.423 e. The average Bonchev–Trinajstić information content (AvgIpc) is 3.02. The molecule has 27 heavy (non-hydrogen) atoms. The monoisotopic (exact) mass is 364 g/mol. The van der Waals surface area contributed by atoms with Crippen LogP contribution in [0.1, 0.15) is 13.3 Å². The minimum atomic E-state index is -0.252. The molecule has 7 nitrogen and oxygen atoms in total. The highest BCUT2D eigenvalue weighted by molar-refractivity contribution is 6.05. The summed E-state index contributed by atoms with van der Waals surface area (Å²) in [6.07, 6.45) is 0.243. The van der Waals surface area contributed by atoms with Crippen molar-refractivity contribution in [1.82, 2.24) is 4.98 Å².